The van der Waals surface area contributed by atoms with Crippen LogP contribution in [-0.4, -0.2) is 24.4 Å². The van der Waals surface area contributed by atoms with E-state index in [4.69, 9.17) is 14.2 Å². The monoisotopic (exact) mass is 441 g/mol. The van der Waals surface area contributed by atoms with Gasteiger partial charge in [-0.3, -0.25) is 4.79 Å². The van der Waals surface area contributed by atoms with E-state index in [-0.39, 0.29) is 24.0 Å². The second-order valence-electron chi connectivity index (χ2n) is 7.25. The highest BCUT2D eigenvalue weighted by atomic mass is 16.6. The summed E-state index contributed by atoms with van der Waals surface area (Å²) in [5.74, 6) is 0.123. The molecule has 1 heterocycles. The van der Waals surface area contributed by atoms with E-state index < -0.39 is 5.97 Å². The van der Waals surface area contributed by atoms with Crippen LogP contribution in [-0.2, 0) is 14.3 Å². The van der Waals surface area contributed by atoms with Gasteiger partial charge in [-0.05, 0) is 54.0 Å². The topological polar surface area (TPSA) is 74.2 Å². The predicted octanol–water partition coefficient (Wildman–Crippen LogP) is 5.41. The van der Waals surface area contributed by atoms with Crippen LogP contribution < -0.4 is 9.47 Å². The van der Waals surface area contributed by atoms with Crippen molar-refractivity contribution in [3.63, 3.8) is 0 Å². The van der Waals surface area contributed by atoms with Gasteiger partial charge in [-0.1, -0.05) is 55.5 Å². The fourth-order valence-electron chi connectivity index (χ4n) is 3.29. The number of benzene rings is 3. The fourth-order valence-corrected chi connectivity index (χ4v) is 3.29. The number of nitrogens with zero attached hydrogens (tertiary/aromatic N) is 1. The van der Waals surface area contributed by atoms with E-state index in [0.29, 0.717) is 29.2 Å². The van der Waals surface area contributed by atoms with Crippen LogP contribution in [0.25, 0.3) is 17.2 Å². The molecular weight excluding hydrogens is 418 g/mol. The van der Waals surface area contributed by atoms with E-state index in [2.05, 4.69) is 4.99 Å². The van der Waals surface area contributed by atoms with E-state index in [1.54, 1.807) is 31.2 Å². The molecule has 0 spiro atoms. The minimum absolute atomic E-state index is 0.179. The van der Waals surface area contributed by atoms with Crippen molar-refractivity contribution in [2.45, 2.75) is 20.3 Å². The largest absolute Gasteiger partial charge is 0.490 e. The lowest BCUT2D eigenvalue weighted by Crippen LogP contribution is -2.07. The van der Waals surface area contributed by atoms with Crippen LogP contribution >= 0.6 is 0 Å². The van der Waals surface area contributed by atoms with Gasteiger partial charge in [0, 0.05) is 12.0 Å². The lowest BCUT2D eigenvalue weighted by molar-refractivity contribution is -0.134. The first-order chi connectivity index (χ1) is 16.1. The first-order valence-electron chi connectivity index (χ1n) is 10.7. The Hall–Kier alpha value is -4.19. The number of hydrogen-bond acceptors (Lipinski definition) is 6. The molecule has 33 heavy (non-hydrogen) atoms. The van der Waals surface area contributed by atoms with Crippen molar-refractivity contribution in [1.29, 1.82) is 0 Å². The molecule has 1 aliphatic rings. The van der Waals surface area contributed by atoms with Gasteiger partial charge in [0.05, 0.1) is 6.61 Å². The zero-order chi connectivity index (χ0) is 23.2. The number of rotatable bonds is 7. The van der Waals surface area contributed by atoms with Gasteiger partial charge >= 0.3 is 11.9 Å². The molecule has 0 aromatic heterocycles. The van der Waals surface area contributed by atoms with Crippen LogP contribution in [0.4, 0.5) is 0 Å². The van der Waals surface area contributed by atoms with Crippen molar-refractivity contribution in [3.05, 3.63) is 89.6 Å². The summed E-state index contributed by atoms with van der Waals surface area (Å²) in [6.45, 7) is 3.96. The predicted molar refractivity (Wildman–Crippen MR) is 126 cm³/mol. The Kier molecular flexibility index (Phi) is 6.64. The molecule has 4 rings (SSSR count). The Balaban J connectivity index is 1.57. The first-order valence-corrected chi connectivity index (χ1v) is 10.7. The summed E-state index contributed by atoms with van der Waals surface area (Å²) in [6.07, 6.45) is 1.87. The summed E-state index contributed by atoms with van der Waals surface area (Å²) in [5.41, 5.74) is 3.73. The van der Waals surface area contributed by atoms with Crippen molar-refractivity contribution in [2.75, 3.05) is 6.61 Å². The average Bonchev–Trinajstić information content (AvgIpc) is 3.21. The summed E-state index contributed by atoms with van der Waals surface area (Å²) >= 11 is 0. The van der Waals surface area contributed by atoms with Crippen molar-refractivity contribution in [2.24, 2.45) is 4.99 Å². The van der Waals surface area contributed by atoms with E-state index in [9.17, 15) is 9.59 Å². The summed E-state index contributed by atoms with van der Waals surface area (Å²) < 4.78 is 16.3. The molecule has 6 heteroatoms. The lowest BCUT2D eigenvalue weighted by Gasteiger charge is -2.10. The molecule has 0 unspecified atom stereocenters. The highest BCUT2D eigenvalue weighted by molar-refractivity contribution is 6.13. The molecule has 0 atom stereocenters. The fraction of sp³-hybridized carbons (Fsp3) is 0.148. The molecule has 0 saturated heterocycles. The molecule has 6 nitrogen and oxygen atoms in total. The molecule has 0 bridgehead atoms. The summed E-state index contributed by atoms with van der Waals surface area (Å²) in [5, 5.41) is 0. The zero-order valence-electron chi connectivity index (χ0n) is 18.4. The molecule has 0 aliphatic carbocycles. The Morgan fingerprint density at radius 2 is 1.61 bits per heavy atom. The van der Waals surface area contributed by atoms with Crippen molar-refractivity contribution in [1.82, 2.24) is 0 Å². The number of hydrogen-bond donors (Lipinski definition) is 0. The smallest absolute Gasteiger partial charge is 0.363 e. The van der Waals surface area contributed by atoms with Crippen LogP contribution in [0.1, 0.15) is 31.4 Å². The second kappa shape index (κ2) is 9.96. The maximum absolute atomic E-state index is 12.4. The van der Waals surface area contributed by atoms with Crippen LogP contribution in [0.15, 0.2) is 83.5 Å². The summed E-state index contributed by atoms with van der Waals surface area (Å²) in [7, 11) is 0. The van der Waals surface area contributed by atoms with Crippen LogP contribution in [0.3, 0.4) is 0 Å². The highest BCUT2D eigenvalue weighted by Gasteiger charge is 2.24. The average molecular weight is 441 g/mol. The number of carbonyl (C=O) groups excluding carboxylic acids is 2. The number of aliphatic imine (C=N–C) groups is 1. The van der Waals surface area contributed by atoms with Crippen molar-refractivity contribution < 1.29 is 23.8 Å². The maximum atomic E-state index is 12.4. The molecule has 0 N–H and O–H groups in total. The van der Waals surface area contributed by atoms with Gasteiger partial charge < -0.3 is 14.2 Å². The SMILES string of the molecule is CCOc1cc(/C=C2\N=C(c3ccc(-c4ccccc4)cc3)OC2=O)ccc1OC(=O)CC. The molecule has 1 aliphatic heterocycles. The van der Waals surface area contributed by atoms with E-state index in [0.717, 1.165) is 11.1 Å². The number of ether oxygens (including phenoxy) is 3. The Morgan fingerprint density at radius 1 is 0.909 bits per heavy atom. The molecule has 0 saturated carbocycles. The molecule has 0 radical (unpaired) electrons. The number of cyclic esters (lactones) is 1. The highest BCUT2D eigenvalue weighted by Crippen LogP contribution is 2.30. The Labute approximate surface area is 192 Å². The maximum Gasteiger partial charge on any atom is 0.363 e. The third kappa shape index (κ3) is 5.18. The summed E-state index contributed by atoms with van der Waals surface area (Å²) in [6, 6.07) is 22.8. The minimum Gasteiger partial charge on any atom is -0.490 e. The standard InChI is InChI=1S/C27H23NO5/c1-3-25(29)32-23-15-10-18(17-24(23)31-4-2)16-22-27(30)33-26(28-22)21-13-11-20(12-14-21)19-8-6-5-7-9-19/h5-17H,3-4H2,1-2H3/b22-16-. The van der Waals surface area contributed by atoms with E-state index in [1.165, 1.54) is 0 Å². The summed E-state index contributed by atoms with van der Waals surface area (Å²) in [4.78, 5) is 28.4. The van der Waals surface area contributed by atoms with Gasteiger partial charge in [0.2, 0.25) is 5.90 Å². The van der Waals surface area contributed by atoms with Crippen LogP contribution in [0.2, 0.25) is 0 Å². The first kappa shape index (κ1) is 22.0. The van der Waals surface area contributed by atoms with E-state index in [1.807, 2.05) is 61.5 Å². The molecule has 3 aromatic carbocycles. The third-order valence-corrected chi connectivity index (χ3v) is 4.94. The second-order valence-corrected chi connectivity index (χ2v) is 7.25. The zero-order valence-corrected chi connectivity index (χ0v) is 18.4. The molecule has 0 fully saturated rings. The molecular formula is C27H23NO5. The third-order valence-electron chi connectivity index (χ3n) is 4.94. The van der Waals surface area contributed by atoms with Gasteiger partial charge in [0.1, 0.15) is 0 Å². The van der Waals surface area contributed by atoms with Gasteiger partial charge in [-0.2, -0.15) is 0 Å². The molecule has 0 amide bonds. The van der Waals surface area contributed by atoms with Crippen LogP contribution in [0.5, 0.6) is 11.5 Å². The lowest BCUT2D eigenvalue weighted by atomic mass is 10.0. The van der Waals surface area contributed by atoms with Gasteiger partial charge in [0.15, 0.2) is 17.2 Å². The Morgan fingerprint density at radius 3 is 2.30 bits per heavy atom. The van der Waals surface area contributed by atoms with Gasteiger partial charge in [-0.25, -0.2) is 9.79 Å². The van der Waals surface area contributed by atoms with Crippen molar-refractivity contribution in [3.8, 4) is 22.6 Å². The van der Waals surface area contributed by atoms with Crippen molar-refractivity contribution >= 4 is 23.9 Å². The van der Waals surface area contributed by atoms with E-state index >= 15 is 0 Å². The van der Waals surface area contributed by atoms with Crippen LogP contribution in [0, 0.1) is 0 Å². The van der Waals surface area contributed by atoms with Gasteiger partial charge in [-0.15, -0.1) is 0 Å². The normalized spacial score (nSPS) is 14.1. The molecule has 3 aromatic rings. The number of carbonyl (C=O) groups is 2. The van der Waals surface area contributed by atoms with Gasteiger partial charge in [0.25, 0.3) is 0 Å². The molecule has 166 valence electrons. The quantitative estimate of drug-likeness (QED) is 0.278. The number of esters is 2. The minimum atomic E-state index is -0.531. The Bertz CT molecular complexity index is 1230.